The van der Waals surface area contributed by atoms with Crippen molar-refractivity contribution in [1.82, 2.24) is 18.7 Å². The highest BCUT2D eigenvalue weighted by molar-refractivity contribution is 7.99. The van der Waals surface area contributed by atoms with Crippen LogP contribution in [0, 0.1) is 5.82 Å². The van der Waals surface area contributed by atoms with Crippen molar-refractivity contribution in [2.24, 2.45) is 14.1 Å². The minimum Gasteiger partial charge on any atom is -0.326 e. The van der Waals surface area contributed by atoms with Gasteiger partial charge in [0.2, 0.25) is 11.8 Å². The number of nitrogens with one attached hydrogen (secondary N) is 2. The number of fused-ring (bicyclic) bond motifs is 1. The third kappa shape index (κ3) is 5.23. The van der Waals surface area contributed by atoms with Gasteiger partial charge in [-0.1, -0.05) is 30.0 Å². The molecule has 2 heterocycles. The average Bonchev–Trinajstić information content (AvgIpc) is 3.19. The molecule has 0 atom stereocenters. The number of aryl methyl sites for hydroxylation is 1. The highest BCUT2D eigenvalue weighted by Crippen LogP contribution is 2.24. The fraction of sp³-hybridized carbons (Fsp3) is 0.208. The van der Waals surface area contributed by atoms with Gasteiger partial charge in [-0.25, -0.2) is 14.2 Å². The van der Waals surface area contributed by atoms with Crippen LogP contribution in [-0.2, 0) is 30.2 Å². The predicted octanol–water partition coefficient (Wildman–Crippen LogP) is 2.31. The third-order valence-electron chi connectivity index (χ3n) is 5.37. The van der Waals surface area contributed by atoms with Gasteiger partial charge in [-0.15, -0.1) is 0 Å². The molecule has 10 nitrogen and oxygen atoms in total. The van der Waals surface area contributed by atoms with E-state index in [1.165, 1.54) is 37.7 Å². The summed E-state index contributed by atoms with van der Waals surface area (Å²) >= 11 is 1.10. The fourth-order valence-corrected chi connectivity index (χ4v) is 4.46. The lowest BCUT2D eigenvalue weighted by atomic mass is 10.2. The second-order valence-corrected chi connectivity index (χ2v) is 9.03. The quantitative estimate of drug-likeness (QED) is 0.368. The van der Waals surface area contributed by atoms with Gasteiger partial charge in [0.25, 0.3) is 5.56 Å². The maximum absolute atomic E-state index is 13.4. The molecule has 0 saturated carbocycles. The van der Waals surface area contributed by atoms with Crippen LogP contribution in [0.5, 0.6) is 0 Å². The predicted molar refractivity (Wildman–Crippen MR) is 136 cm³/mol. The second-order valence-electron chi connectivity index (χ2n) is 8.08. The molecule has 2 amide bonds. The number of anilines is 2. The number of amides is 2. The summed E-state index contributed by atoms with van der Waals surface area (Å²) in [7, 11) is 2.90. The summed E-state index contributed by atoms with van der Waals surface area (Å²) in [6.45, 7) is 1.58. The van der Waals surface area contributed by atoms with Gasteiger partial charge in [0.1, 0.15) is 5.82 Å². The molecule has 12 heteroatoms. The lowest BCUT2D eigenvalue weighted by Gasteiger charge is -2.10. The number of hydrogen-bond acceptors (Lipinski definition) is 6. The van der Waals surface area contributed by atoms with Gasteiger partial charge >= 0.3 is 5.69 Å². The normalized spacial score (nSPS) is 11.0. The molecule has 0 aliphatic rings. The lowest BCUT2D eigenvalue weighted by Crippen LogP contribution is -2.37. The van der Waals surface area contributed by atoms with Crippen LogP contribution in [0.15, 0.2) is 63.3 Å². The summed E-state index contributed by atoms with van der Waals surface area (Å²) in [5.41, 5.74) is 1.12. The summed E-state index contributed by atoms with van der Waals surface area (Å²) in [5.74, 6) is -0.982. The van der Waals surface area contributed by atoms with E-state index in [1.807, 2.05) is 0 Å². The average molecular weight is 511 g/mol. The molecule has 0 fully saturated rings. The maximum Gasteiger partial charge on any atom is 0.332 e. The number of carbonyl (C=O) groups is 2. The van der Waals surface area contributed by atoms with Crippen LogP contribution in [-0.4, -0.2) is 36.3 Å². The molecule has 4 aromatic rings. The number of aromatic nitrogens is 4. The summed E-state index contributed by atoms with van der Waals surface area (Å²) in [6, 6.07) is 12.5. The number of halogens is 1. The number of nitrogens with zero attached hydrogens (tertiary/aromatic N) is 4. The van der Waals surface area contributed by atoms with Crippen LogP contribution in [0.4, 0.5) is 15.8 Å². The van der Waals surface area contributed by atoms with Crippen LogP contribution in [0.3, 0.4) is 0 Å². The smallest absolute Gasteiger partial charge is 0.326 e. The molecule has 0 aliphatic heterocycles. The Labute approximate surface area is 208 Å². The molecule has 0 bridgehead atoms. The van der Waals surface area contributed by atoms with Gasteiger partial charge < -0.3 is 15.2 Å². The number of benzene rings is 2. The van der Waals surface area contributed by atoms with Gasteiger partial charge in [-0.2, -0.15) is 0 Å². The Kier molecular flexibility index (Phi) is 7.06. The first-order valence-corrected chi connectivity index (χ1v) is 11.8. The van der Waals surface area contributed by atoms with Crippen molar-refractivity contribution in [1.29, 1.82) is 0 Å². The Morgan fingerprint density at radius 1 is 1.00 bits per heavy atom. The van der Waals surface area contributed by atoms with Crippen LogP contribution < -0.4 is 21.9 Å². The van der Waals surface area contributed by atoms with E-state index in [9.17, 15) is 23.6 Å². The van der Waals surface area contributed by atoms with Crippen molar-refractivity contribution in [3.8, 4) is 0 Å². The minimum absolute atomic E-state index is 0.0363. The van der Waals surface area contributed by atoms with E-state index in [1.54, 1.807) is 41.0 Å². The van der Waals surface area contributed by atoms with Crippen molar-refractivity contribution < 1.29 is 14.0 Å². The first-order chi connectivity index (χ1) is 17.1. The van der Waals surface area contributed by atoms with Crippen LogP contribution in [0.25, 0.3) is 11.2 Å². The molecule has 2 N–H and O–H groups in total. The first kappa shape index (κ1) is 24.9. The molecule has 0 unspecified atom stereocenters. The SMILES string of the molecule is CC(=O)Nc1cccc(NC(=O)CSc2nc3c(c(=O)n(C)c(=O)n3C)n2Cc2ccc(F)cc2)c1. The molecular weight excluding hydrogens is 487 g/mol. The fourth-order valence-electron chi connectivity index (χ4n) is 3.66. The van der Waals surface area contributed by atoms with Crippen LogP contribution in [0.1, 0.15) is 12.5 Å². The monoisotopic (exact) mass is 510 g/mol. The zero-order valence-electron chi connectivity index (χ0n) is 19.7. The van der Waals surface area contributed by atoms with E-state index in [0.717, 1.165) is 16.3 Å². The van der Waals surface area contributed by atoms with Gasteiger partial charge in [-0.3, -0.25) is 23.5 Å². The summed E-state index contributed by atoms with van der Waals surface area (Å²) in [6.07, 6.45) is 0. The van der Waals surface area contributed by atoms with Crippen LogP contribution in [0.2, 0.25) is 0 Å². The van der Waals surface area contributed by atoms with Gasteiger partial charge in [0, 0.05) is 32.4 Å². The lowest BCUT2D eigenvalue weighted by molar-refractivity contribution is -0.114. The first-order valence-electron chi connectivity index (χ1n) is 10.8. The topological polar surface area (TPSA) is 120 Å². The van der Waals surface area contributed by atoms with Crippen molar-refractivity contribution in [3.05, 3.63) is 80.7 Å². The van der Waals surface area contributed by atoms with E-state index in [-0.39, 0.29) is 41.1 Å². The largest absolute Gasteiger partial charge is 0.332 e. The zero-order chi connectivity index (χ0) is 26.0. The van der Waals surface area contributed by atoms with E-state index in [4.69, 9.17) is 0 Å². The molecule has 0 aliphatic carbocycles. The Balaban J connectivity index is 1.63. The van der Waals surface area contributed by atoms with Crippen LogP contribution >= 0.6 is 11.8 Å². The molecule has 186 valence electrons. The highest BCUT2D eigenvalue weighted by atomic mass is 32.2. The summed E-state index contributed by atoms with van der Waals surface area (Å²) in [4.78, 5) is 53.8. The summed E-state index contributed by atoms with van der Waals surface area (Å²) in [5, 5.41) is 5.77. The Morgan fingerprint density at radius 3 is 2.33 bits per heavy atom. The Morgan fingerprint density at radius 2 is 1.67 bits per heavy atom. The molecule has 4 rings (SSSR count). The van der Waals surface area contributed by atoms with Gasteiger partial charge in [0.15, 0.2) is 16.3 Å². The maximum atomic E-state index is 13.4. The molecule has 0 radical (unpaired) electrons. The van der Waals surface area contributed by atoms with Crippen molar-refractivity contribution in [3.63, 3.8) is 0 Å². The highest BCUT2D eigenvalue weighted by Gasteiger charge is 2.20. The van der Waals surface area contributed by atoms with E-state index in [2.05, 4.69) is 15.6 Å². The molecular formula is C24H23FN6O4S. The molecule has 2 aromatic heterocycles. The van der Waals surface area contributed by atoms with Gasteiger partial charge in [0.05, 0.1) is 12.3 Å². The summed E-state index contributed by atoms with van der Waals surface area (Å²) < 4.78 is 17.3. The van der Waals surface area contributed by atoms with Gasteiger partial charge in [-0.05, 0) is 35.9 Å². The number of carbonyl (C=O) groups excluding carboxylic acids is 2. The van der Waals surface area contributed by atoms with E-state index < -0.39 is 11.2 Å². The minimum atomic E-state index is -0.521. The van der Waals surface area contributed by atoms with E-state index in [0.29, 0.717) is 22.1 Å². The molecule has 0 spiro atoms. The third-order valence-corrected chi connectivity index (χ3v) is 6.34. The molecule has 0 saturated heterocycles. The number of imidazole rings is 1. The number of hydrogen-bond donors (Lipinski definition) is 2. The Hall–Kier alpha value is -4.19. The standard InChI is InChI=1S/C24H23FN6O4S/c1-14(32)26-17-5-4-6-18(11-17)27-19(33)13-36-23-28-21-20(22(34)30(3)24(35)29(21)2)31(23)12-15-7-9-16(25)10-8-15/h4-11H,12-13H2,1-3H3,(H,26,32)(H,27,33). The molecule has 2 aromatic carbocycles. The number of rotatable bonds is 7. The van der Waals surface area contributed by atoms with Crippen molar-refractivity contribution >= 4 is 46.1 Å². The zero-order valence-corrected chi connectivity index (χ0v) is 20.6. The number of thioether (sulfide) groups is 1. The Bertz CT molecular complexity index is 1590. The molecule has 36 heavy (non-hydrogen) atoms. The van der Waals surface area contributed by atoms with Crippen molar-refractivity contribution in [2.45, 2.75) is 18.6 Å². The van der Waals surface area contributed by atoms with E-state index >= 15 is 0 Å². The van der Waals surface area contributed by atoms with Crippen molar-refractivity contribution in [2.75, 3.05) is 16.4 Å². The second kappa shape index (κ2) is 10.2.